The van der Waals surface area contributed by atoms with Gasteiger partial charge in [0.25, 0.3) is 0 Å². The van der Waals surface area contributed by atoms with E-state index < -0.39 is 4.75 Å². The van der Waals surface area contributed by atoms with E-state index in [9.17, 15) is 10.1 Å². The number of fused-ring (bicyclic) bond motifs is 1. The number of carbonyl (C=O) groups excluding carboxylic acids is 1. The van der Waals surface area contributed by atoms with Crippen molar-refractivity contribution >= 4 is 28.3 Å². The van der Waals surface area contributed by atoms with Gasteiger partial charge in [-0.15, -0.1) is 0 Å². The Kier molecular flexibility index (Phi) is 5.39. The summed E-state index contributed by atoms with van der Waals surface area (Å²) in [5.41, 5.74) is 5.19. The monoisotopic (exact) mass is 373 g/mol. The van der Waals surface area contributed by atoms with Gasteiger partial charge >= 0.3 is 0 Å². The summed E-state index contributed by atoms with van der Waals surface area (Å²) in [6.45, 7) is 8.14. The van der Waals surface area contributed by atoms with Crippen LogP contribution in [0.5, 0.6) is 0 Å². The second-order valence-corrected chi connectivity index (χ2v) is 8.66. The zero-order valence-corrected chi connectivity index (χ0v) is 17.0. The molecule has 0 aromatic heterocycles. The predicted octanol–water partition coefficient (Wildman–Crippen LogP) is 6.47. The third kappa shape index (κ3) is 3.91. The van der Waals surface area contributed by atoms with Gasteiger partial charge in [-0.25, -0.2) is 0 Å². The first-order chi connectivity index (χ1) is 12.8. The molecule has 0 aliphatic heterocycles. The Labute approximate surface area is 165 Å². The van der Waals surface area contributed by atoms with Crippen LogP contribution in [-0.4, -0.2) is 5.78 Å². The summed E-state index contributed by atoms with van der Waals surface area (Å²) in [4.78, 5) is 13.3. The van der Waals surface area contributed by atoms with Gasteiger partial charge in [-0.1, -0.05) is 65.7 Å². The second kappa shape index (κ2) is 7.58. The molecule has 0 spiro atoms. The molecule has 1 unspecified atom stereocenters. The number of rotatable bonds is 5. The SMILES string of the molecule is Cc1cc(C)cc(C(C)(CC(=O)c2ccc(C)c3ccccc23)SC#N)c1. The van der Waals surface area contributed by atoms with E-state index in [4.69, 9.17) is 0 Å². The van der Waals surface area contributed by atoms with Crippen LogP contribution >= 0.6 is 11.8 Å². The number of nitrogens with zero attached hydrogens (tertiary/aromatic N) is 1. The molecule has 0 saturated heterocycles. The first-order valence-corrected chi connectivity index (χ1v) is 9.83. The Morgan fingerprint density at radius 3 is 2.26 bits per heavy atom. The molecule has 2 nitrogen and oxygen atoms in total. The van der Waals surface area contributed by atoms with Crippen LogP contribution in [0, 0.1) is 31.4 Å². The standard InChI is InChI=1S/C24H23NOS/c1-16-11-17(2)13-19(12-16)24(4,27-15-25)14-23(26)22-10-9-18(3)20-7-5-6-8-21(20)22/h5-13H,14H2,1-4H3. The molecule has 0 radical (unpaired) electrons. The van der Waals surface area contributed by atoms with Crippen molar-refractivity contribution in [3.05, 3.63) is 82.4 Å². The van der Waals surface area contributed by atoms with Gasteiger partial charge in [-0.05, 0) is 61.4 Å². The van der Waals surface area contributed by atoms with Gasteiger partial charge < -0.3 is 0 Å². The van der Waals surface area contributed by atoms with Crippen molar-refractivity contribution in [1.29, 1.82) is 5.26 Å². The van der Waals surface area contributed by atoms with Crippen LogP contribution in [0.25, 0.3) is 10.8 Å². The first-order valence-electron chi connectivity index (χ1n) is 9.01. The minimum Gasteiger partial charge on any atom is -0.294 e. The van der Waals surface area contributed by atoms with Crippen LogP contribution < -0.4 is 0 Å². The summed E-state index contributed by atoms with van der Waals surface area (Å²) >= 11 is 1.17. The van der Waals surface area contributed by atoms with Crippen LogP contribution in [0.4, 0.5) is 0 Å². The van der Waals surface area contributed by atoms with Crippen LogP contribution in [0.1, 0.15) is 46.0 Å². The van der Waals surface area contributed by atoms with E-state index in [1.54, 1.807) is 0 Å². The molecule has 0 fully saturated rings. The van der Waals surface area contributed by atoms with E-state index in [1.807, 2.05) is 51.1 Å². The molecule has 3 aromatic carbocycles. The van der Waals surface area contributed by atoms with E-state index in [-0.39, 0.29) is 12.2 Å². The lowest BCUT2D eigenvalue weighted by molar-refractivity contribution is 0.0972. The van der Waals surface area contributed by atoms with E-state index >= 15 is 0 Å². The summed E-state index contributed by atoms with van der Waals surface area (Å²) in [5.74, 6) is 0.0654. The molecule has 0 saturated carbocycles. The quantitative estimate of drug-likeness (QED) is 0.380. The van der Waals surface area contributed by atoms with Crippen LogP contribution in [0.3, 0.4) is 0 Å². The van der Waals surface area contributed by atoms with Crippen molar-refractivity contribution in [2.45, 2.75) is 38.9 Å². The summed E-state index contributed by atoms with van der Waals surface area (Å²) in [6.07, 6.45) is 0.279. The average Bonchev–Trinajstić information content (AvgIpc) is 2.61. The third-order valence-electron chi connectivity index (χ3n) is 5.04. The number of hydrogen-bond acceptors (Lipinski definition) is 3. The summed E-state index contributed by atoms with van der Waals surface area (Å²) in [6, 6.07) is 18.2. The Bertz CT molecular complexity index is 1040. The number of Topliss-reactive ketones (excluding diaryl/α,β-unsaturated/α-hetero) is 1. The predicted molar refractivity (Wildman–Crippen MR) is 114 cm³/mol. The molecule has 0 amide bonds. The van der Waals surface area contributed by atoms with Crippen molar-refractivity contribution in [2.24, 2.45) is 0 Å². The molecule has 0 N–H and O–H groups in total. The van der Waals surface area contributed by atoms with E-state index in [0.717, 1.165) is 38.6 Å². The minimum atomic E-state index is -0.589. The smallest absolute Gasteiger partial charge is 0.165 e. The van der Waals surface area contributed by atoms with Crippen molar-refractivity contribution < 1.29 is 4.79 Å². The maximum absolute atomic E-state index is 13.3. The van der Waals surface area contributed by atoms with Crippen LogP contribution in [0.2, 0.25) is 0 Å². The maximum Gasteiger partial charge on any atom is 0.165 e. The van der Waals surface area contributed by atoms with E-state index in [2.05, 4.69) is 36.6 Å². The highest BCUT2D eigenvalue weighted by atomic mass is 32.2. The Morgan fingerprint density at radius 1 is 1.00 bits per heavy atom. The number of aryl methyl sites for hydroxylation is 3. The highest BCUT2D eigenvalue weighted by Gasteiger charge is 2.32. The molecule has 27 heavy (non-hydrogen) atoms. The van der Waals surface area contributed by atoms with Crippen molar-refractivity contribution in [3.63, 3.8) is 0 Å². The van der Waals surface area contributed by atoms with Gasteiger partial charge in [0, 0.05) is 12.0 Å². The molecule has 3 heteroatoms. The summed E-state index contributed by atoms with van der Waals surface area (Å²) in [7, 11) is 0. The van der Waals surface area contributed by atoms with Crippen molar-refractivity contribution in [3.8, 4) is 5.40 Å². The van der Waals surface area contributed by atoms with E-state index in [0.29, 0.717) is 0 Å². The molecule has 3 rings (SSSR count). The van der Waals surface area contributed by atoms with Crippen LogP contribution in [-0.2, 0) is 4.75 Å². The number of carbonyl (C=O) groups is 1. The molecule has 0 aliphatic carbocycles. The van der Waals surface area contributed by atoms with Gasteiger partial charge in [-0.3, -0.25) is 4.79 Å². The third-order valence-corrected chi connectivity index (χ3v) is 5.97. The Balaban J connectivity index is 2.04. The van der Waals surface area contributed by atoms with Gasteiger partial charge in [0.2, 0.25) is 0 Å². The largest absolute Gasteiger partial charge is 0.294 e. The number of thiocyanates is 1. The molecular weight excluding hydrogens is 350 g/mol. The molecule has 3 aromatic rings. The van der Waals surface area contributed by atoms with Gasteiger partial charge in [0.15, 0.2) is 5.78 Å². The number of ketones is 1. The molecule has 0 aliphatic rings. The lowest BCUT2D eigenvalue weighted by atomic mass is 9.88. The molecule has 136 valence electrons. The fourth-order valence-electron chi connectivity index (χ4n) is 3.67. The van der Waals surface area contributed by atoms with Crippen LogP contribution in [0.15, 0.2) is 54.6 Å². The van der Waals surface area contributed by atoms with Crippen molar-refractivity contribution in [1.82, 2.24) is 0 Å². The highest BCUT2D eigenvalue weighted by molar-refractivity contribution is 8.04. The zero-order chi connectivity index (χ0) is 19.6. The zero-order valence-electron chi connectivity index (χ0n) is 16.2. The number of benzene rings is 3. The highest BCUT2D eigenvalue weighted by Crippen LogP contribution is 2.41. The maximum atomic E-state index is 13.3. The van der Waals surface area contributed by atoms with Gasteiger partial charge in [0.05, 0.1) is 4.75 Å². The average molecular weight is 374 g/mol. The normalized spacial score (nSPS) is 13.1. The number of thioether (sulfide) groups is 1. The first kappa shape index (κ1) is 19.2. The Morgan fingerprint density at radius 2 is 1.63 bits per heavy atom. The minimum absolute atomic E-state index is 0.0654. The summed E-state index contributed by atoms with van der Waals surface area (Å²) in [5, 5.41) is 13.7. The Hall–Kier alpha value is -2.57. The molecule has 1 atom stereocenters. The molecule has 0 heterocycles. The number of hydrogen-bond donors (Lipinski definition) is 0. The lowest BCUT2D eigenvalue weighted by Gasteiger charge is -2.27. The van der Waals surface area contributed by atoms with Gasteiger partial charge in [0.1, 0.15) is 5.40 Å². The van der Waals surface area contributed by atoms with Crippen molar-refractivity contribution in [2.75, 3.05) is 0 Å². The topological polar surface area (TPSA) is 40.9 Å². The number of nitriles is 1. The van der Waals surface area contributed by atoms with Gasteiger partial charge in [-0.2, -0.15) is 5.26 Å². The molecule has 0 bridgehead atoms. The fraction of sp³-hybridized carbons (Fsp3) is 0.250. The molecular formula is C24H23NOS. The fourth-order valence-corrected chi connectivity index (χ4v) is 4.31. The van der Waals surface area contributed by atoms with E-state index in [1.165, 1.54) is 11.8 Å². The second-order valence-electron chi connectivity index (χ2n) is 7.38. The lowest BCUT2D eigenvalue weighted by Crippen LogP contribution is -2.22. The summed E-state index contributed by atoms with van der Waals surface area (Å²) < 4.78 is -0.589.